The molecule has 0 atom stereocenters. The Balaban J connectivity index is 0.000000186. The highest BCUT2D eigenvalue weighted by Crippen LogP contribution is 2.29. The zero-order valence-electron chi connectivity index (χ0n) is 26.8. The monoisotopic (exact) mass is 658 g/mol. The fourth-order valence-corrected chi connectivity index (χ4v) is 4.84. The summed E-state index contributed by atoms with van der Waals surface area (Å²) in [4.78, 5) is 13.2. The van der Waals surface area contributed by atoms with Crippen molar-refractivity contribution in [3.05, 3.63) is 108 Å². The summed E-state index contributed by atoms with van der Waals surface area (Å²) in [5.41, 5.74) is 6.53. The second-order valence-electron chi connectivity index (χ2n) is 11.1. The van der Waals surface area contributed by atoms with Gasteiger partial charge in [-0.1, -0.05) is 47.5 Å². The highest BCUT2D eigenvalue weighted by atomic mass is 32.2. The van der Waals surface area contributed by atoms with Crippen LogP contribution in [0.25, 0.3) is 0 Å². The summed E-state index contributed by atoms with van der Waals surface area (Å²) in [6.07, 6.45) is 0.715. The van der Waals surface area contributed by atoms with Gasteiger partial charge in [0, 0.05) is 48.0 Å². The number of phenolic OH excluding ortho intramolecular Hbond substituents is 2. The lowest BCUT2D eigenvalue weighted by molar-refractivity contribution is 0.475. The van der Waals surface area contributed by atoms with Crippen LogP contribution in [-0.2, 0) is 10.1 Å². The maximum Gasteiger partial charge on any atom is 0.261 e. The first-order valence-electron chi connectivity index (χ1n) is 15.2. The Bertz CT molecular complexity index is 1650. The molecule has 12 heteroatoms. The Hall–Kier alpha value is -5.07. The third-order valence-corrected chi connectivity index (χ3v) is 7.08. The number of hydrogen-bond acceptors (Lipinski definition) is 10. The number of amidine groups is 2. The fourth-order valence-electron chi connectivity index (χ4n) is 4.84. The lowest BCUT2D eigenvalue weighted by atomic mass is 10.2. The maximum absolute atomic E-state index is 9.74. The van der Waals surface area contributed by atoms with Crippen LogP contribution in [0.2, 0.25) is 0 Å². The topological polar surface area (TPSA) is 150 Å². The quantitative estimate of drug-likeness (QED) is 0.161. The normalized spacial score (nSPS) is 13.4. The molecule has 0 saturated carbocycles. The largest absolute Gasteiger partial charge is 0.508 e. The lowest BCUT2D eigenvalue weighted by Crippen LogP contribution is -2.32. The van der Waals surface area contributed by atoms with Crippen molar-refractivity contribution in [2.75, 3.05) is 55.3 Å². The first-order valence-corrected chi connectivity index (χ1v) is 17.0. The van der Waals surface area contributed by atoms with Crippen LogP contribution < -0.4 is 20.4 Å². The number of aliphatic imine (C=N–C) groups is 2. The molecule has 2 heterocycles. The van der Waals surface area contributed by atoms with E-state index in [0.29, 0.717) is 19.3 Å². The van der Waals surface area contributed by atoms with Gasteiger partial charge in [0.2, 0.25) is 0 Å². The van der Waals surface area contributed by atoms with E-state index in [0.717, 1.165) is 60.6 Å². The van der Waals surface area contributed by atoms with Gasteiger partial charge in [0.25, 0.3) is 10.1 Å². The summed E-state index contributed by atoms with van der Waals surface area (Å²) in [6, 6.07) is 31.4. The van der Waals surface area contributed by atoms with Crippen molar-refractivity contribution in [2.24, 2.45) is 9.98 Å². The molecule has 0 spiro atoms. The summed E-state index contributed by atoms with van der Waals surface area (Å²) in [5, 5.41) is 26.1. The molecule has 0 aromatic heterocycles. The number of hydrogen-bond donors (Lipinski definition) is 5. The number of aromatic hydroxyl groups is 2. The third-order valence-electron chi connectivity index (χ3n) is 7.08. The van der Waals surface area contributed by atoms with Crippen molar-refractivity contribution >= 4 is 44.5 Å². The van der Waals surface area contributed by atoms with Gasteiger partial charge in [-0.05, 0) is 62.4 Å². The van der Waals surface area contributed by atoms with Crippen molar-refractivity contribution < 1.29 is 23.2 Å². The number of benzene rings is 4. The molecule has 0 saturated heterocycles. The molecule has 0 bridgehead atoms. The minimum atomic E-state index is -3.67. The summed E-state index contributed by atoms with van der Waals surface area (Å²) >= 11 is 0. The van der Waals surface area contributed by atoms with Gasteiger partial charge in [0.15, 0.2) is 0 Å². The molecule has 2 aliphatic rings. The summed E-state index contributed by atoms with van der Waals surface area (Å²) in [7, 11) is -3.67. The molecule has 6 rings (SSSR count). The van der Waals surface area contributed by atoms with Crippen LogP contribution in [0.5, 0.6) is 11.5 Å². The number of anilines is 4. The van der Waals surface area contributed by atoms with Gasteiger partial charge < -0.3 is 30.6 Å². The van der Waals surface area contributed by atoms with E-state index in [4.69, 9.17) is 4.55 Å². The van der Waals surface area contributed by atoms with E-state index in [1.54, 1.807) is 24.3 Å². The van der Waals surface area contributed by atoms with Gasteiger partial charge in [0.1, 0.15) is 23.2 Å². The van der Waals surface area contributed by atoms with Crippen molar-refractivity contribution in [1.29, 1.82) is 0 Å². The smallest absolute Gasteiger partial charge is 0.261 e. The van der Waals surface area contributed by atoms with Crippen LogP contribution >= 0.6 is 0 Å². The Labute approximate surface area is 276 Å². The molecule has 0 aliphatic carbocycles. The average molecular weight is 659 g/mol. The van der Waals surface area contributed by atoms with Crippen LogP contribution in [-0.4, -0.2) is 80.4 Å². The highest BCUT2D eigenvalue weighted by molar-refractivity contribution is 7.85. The third kappa shape index (κ3) is 11.7. The van der Waals surface area contributed by atoms with Gasteiger partial charge in [-0.25, -0.2) is 0 Å². The molecule has 4 aromatic rings. The molecule has 0 unspecified atom stereocenters. The number of aryl methyl sites for hydroxylation is 2. The van der Waals surface area contributed by atoms with Gasteiger partial charge in [-0.15, -0.1) is 0 Å². The number of rotatable bonds is 8. The Kier molecular flexibility index (Phi) is 12.2. The number of nitrogens with one attached hydrogen (secondary N) is 2. The average Bonchev–Trinajstić information content (AvgIpc) is 3.74. The van der Waals surface area contributed by atoms with Crippen LogP contribution in [0.1, 0.15) is 11.1 Å². The zero-order chi connectivity index (χ0) is 33.8. The summed E-state index contributed by atoms with van der Waals surface area (Å²) in [6.45, 7) is 8.96. The molecule has 0 fully saturated rings. The van der Waals surface area contributed by atoms with Crippen molar-refractivity contribution in [3.8, 4) is 11.5 Å². The Morgan fingerprint density at radius 3 is 1.30 bits per heavy atom. The lowest BCUT2D eigenvalue weighted by Gasteiger charge is -2.25. The standard InChI is InChI=1S/2C17H19N3O.CH4O3S/c2*1-13-5-7-14(8-6-13)20(12-17-18-9-10-19-17)15-3-2-4-16(21)11-15;1-5(2,3)4/h2*2-8,11,21H,9-10,12H2,1H3,(H,18,19);1H3,(H,2,3,4). The van der Waals surface area contributed by atoms with Gasteiger partial charge in [-0.3, -0.25) is 14.5 Å². The Morgan fingerprint density at radius 2 is 1.00 bits per heavy atom. The Morgan fingerprint density at radius 1 is 0.638 bits per heavy atom. The SMILES string of the molecule is CS(=O)(=O)O.Cc1ccc(N(CC2=NCCN2)c2cccc(O)c2)cc1.Cc1ccc(N(CC2=NCCN2)c2cccc(O)c2)cc1. The van der Waals surface area contributed by atoms with Crippen molar-refractivity contribution in [1.82, 2.24) is 10.6 Å². The molecule has 248 valence electrons. The predicted octanol–water partition coefficient (Wildman–Crippen LogP) is 5.18. The molecule has 0 amide bonds. The first kappa shape index (κ1) is 34.8. The molecule has 47 heavy (non-hydrogen) atoms. The van der Waals surface area contributed by atoms with E-state index < -0.39 is 10.1 Å². The van der Waals surface area contributed by atoms with Gasteiger partial charge >= 0.3 is 0 Å². The predicted molar refractivity (Wildman–Crippen MR) is 191 cm³/mol. The molecule has 5 N–H and O–H groups in total. The molecule has 4 aromatic carbocycles. The zero-order valence-corrected chi connectivity index (χ0v) is 27.7. The number of phenols is 2. The van der Waals surface area contributed by atoms with E-state index >= 15 is 0 Å². The van der Waals surface area contributed by atoms with Gasteiger partial charge in [0.05, 0.1) is 32.4 Å². The van der Waals surface area contributed by atoms with Crippen LogP contribution in [0.4, 0.5) is 22.7 Å². The van der Waals surface area contributed by atoms with E-state index in [1.165, 1.54) is 11.1 Å². The van der Waals surface area contributed by atoms with E-state index in [1.807, 2.05) is 24.3 Å². The maximum atomic E-state index is 9.74. The summed E-state index contributed by atoms with van der Waals surface area (Å²) < 4.78 is 25.9. The van der Waals surface area contributed by atoms with Crippen LogP contribution in [0.3, 0.4) is 0 Å². The summed E-state index contributed by atoms with van der Waals surface area (Å²) in [5.74, 6) is 2.51. The number of nitrogens with zero attached hydrogens (tertiary/aromatic N) is 4. The van der Waals surface area contributed by atoms with E-state index in [2.05, 4.69) is 92.8 Å². The van der Waals surface area contributed by atoms with Crippen LogP contribution in [0.15, 0.2) is 107 Å². The van der Waals surface area contributed by atoms with Crippen molar-refractivity contribution in [2.45, 2.75) is 13.8 Å². The molecular formula is C35H42N6O5S. The molecular weight excluding hydrogens is 616 g/mol. The molecule has 11 nitrogen and oxygen atoms in total. The first-order chi connectivity index (χ1) is 22.4. The van der Waals surface area contributed by atoms with E-state index in [-0.39, 0.29) is 11.5 Å². The van der Waals surface area contributed by atoms with Crippen LogP contribution in [0, 0.1) is 13.8 Å². The second-order valence-corrected chi connectivity index (χ2v) is 12.6. The van der Waals surface area contributed by atoms with Gasteiger partial charge in [-0.2, -0.15) is 8.42 Å². The minimum absolute atomic E-state index is 0.269. The molecule has 2 aliphatic heterocycles. The minimum Gasteiger partial charge on any atom is -0.508 e. The van der Waals surface area contributed by atoms with E-state index in [9.17, 15) is 18.6 Å². The van der Waals surface area contributed by atoms with Crippen molar-refractivity contribution in [3.63, 3.8) is 0 Å². The highest BCUT2D eigenvalue weighted by Gasteiger charge is 2.16. The fraction of sp³-hybridized carbons (Fsp3) is 0.257. The second kappa shape index (κ2) is 16.5. The molecule has 0 radical (unpaired) electrons.